The van der Waals surface area contributed by atoms with Gasteiger partial charge in [-0.15, -0.1) is 11.3 Å². The highest BCUT2D eigenvalue weighted by atomic mass is 32.1. The minimum Gasteiger partial charge on any atom is -0.507 e. The summed E-state index contributed by atoms with van der Waals surface area (Å²) in [5, 5.41) is 10.3. The lowest BCUT2D eigenvalue weighted by Gasteiger charge is -2.38. The van der Waals surface area contributed by atoms with Crippen molar-refractivity contribution in [1.29, 1.82) is 0 Å². The third-order valence-electron chi connectivity index (χ3n) is 5.99. The van der Waals surface area contributed by atoms with Crippen LogP contribution in [0, 0.1) is 20.8 Å². The minimum atomic E-state index is -0.124. The first-order chi connectivity index (χ1) is 12.3. The third kappa shape index (κ3) is 3.78. The summed E-state index contributed by atoms with van der Waals surface area (Å²) in [5.41, 5.74) is 4.10. The summed E-state index contributed by atoms with van der Waals surface area (Å²) in [6.07, 6.45) is 7.87. The zero-order valence-electron chi connectivity index (χ0n) is 16.9. The number of unbranched alkanes of at least 4 members (excludes halogenated alkanes) is 1. The van der Waals surface area contributed by atoms with Gasteiger partial charge in [-0.05, 0) is 95.0 Å². The summed E-state index contributed by atoms with van der Waals surface area (Å²) in [6, 6.07) is 4.60. The molecule has 0 saturated heterocycles. The maximum atomic E-state index is 10.3. The molecule has 2 heterocycles. The Labute approximate surface area is 162 Å². The summed E-state index contributed by atoms with van der Waals surface area (Å²) in [6.45, 7) is 10.6. The SMILES string of the molecule is CCCCc1ccc(CCC2(C)CCc3c(C)c(O)c(C)c(C)c3O2)s1. The molecule has 0 bridgehead atoms. The molecule has 1 unspecified atom stereocenters. The van der Waals surface area contributed by atoms with Crippen LogP contribution in [0.5, 0.6) is 11.5 Å². The van der Waals surface area contributed by atoms with Crippen LogP contribution in [0.15, 0.2) is 12.1 Å². The Morgan fingerprint density at radius 1 is 1.08 bits per heavy atom. The average molecular weight is 373 g/mol. The summed E-state index contributed by atoms with van der Waals surface area (Å²) in [7, 11) is 0. The van der Waals surface area contributed by atoms with E-state index >= 15 is 0 Å². The Morgan fingerprint density at radius 3 is 2.46 bits per heavy atom. The van der Waals surface area contributed by atoms with Gasteiger partial charge in [0.05, 0.1) is 0 Å². The maximum absolute atomic E-state index is 10.3. The Kier molecular flexibility index (Phi) is 5.67. The van der Waals surface area contributed by atoms with Gasteiger partial charge in [-0.2, -0.15) is 0 Å². The first kappa shape index (κ1) is 19.3. The van der Waals surface area contributed by atoms with Gasteiger partial charge in [-0.3, -0.25) is 0 Å². The van der Waals surface area contributed by atoms with Crippen LogP contribution in [0.4, 0.5) is 0 Å². The quantitative estimate of drug-likeness (QED) is 0.632. The molecule has 2 nitrogen and oxygen atoms in total. The van der Waals surface area contributed by atoms with Gasteiger partial charge in [-0.1, -0.05) is 13.3 Å². The Hall–Kier alpha value is -1.48. The molecule has 1 aliphatic heterocycles. The number of phenolic OH excluding ortho intramolecular Hbond substituents is 1. The zero-order chi connectivity index (χ0) is 18.9. The minimum absolute atomic E-state index is 0.124. The van der Waals surface area contributed by atoms with E-state index in [1.165, 1.54) is 34.6 Å². The second-order valence-electron chi connectivity index (χ2n) is 8.05. The van der Waals surface area contributed by atoms with E-state index < -0.39 is 0 Å². The molecular weight excluding hydrogens is 340 g/mol. The monoisotopic (exact) mass is 372 g/mol. The van der Waals surface area contributed by atoms with Gasteiger partial charge in [0.25, 0.3) is 0 Å². The van der Waals surface area contributed by atoms with Crippen LogP contribution in [0.2, 0.25) is 0 Å². The lowest BCUT2D eigenvalue weighted by Crippen LogP contribution is -2.37. The van der Waals surface area contributed by atoms with Gasteiger partial charge >= 0.3 is 0 Å². The van der Waals surface area contributed by atoms with Crippen molar-refractivity contribution in [3.8, 4) is 11.5 Å². The van der Waals surface area contributed by atoms with Gasteiger partial charge < -0.3 is 9.84 Å². The number of phenols is 1. The number of thiophene rings is 1. The van der Waals surface area contributed by atoms with Gasteiger partial charge in [0.2, 0.25) is 0 Å². The van der Waals surface area contributed by atoms with Crippen molar-refractivity contribution in [2.75, 3.05) is 0 Å². The van der Waals surface area contributed by atoms with Gasteiger partial charge in [-0.25, -0.2) is 0 Å². The number of benzene rings is 1. The topological polar surface area (TPSA) is 29.5 Å². The summed E-state index contributed by atoms with van der Waals surface area (Å²) in [5.74, 6) is 1.45. The van der Waals surface area contributed by atoms with Crippen molar-refractivity contribution >= 4 is 11.3 Å². The van der Waals surface area contributed by atoms with E-state index in [9.17, 15) is 5.11 Å². The van der Waals surface area contributed by atoms with E-state index in [0.717, 1.165) is 48.1 Å². The number of aryl methyl sites for hydroxylation is 2. The van der Waals surface area contributed by atoms with E-state index in [4.69, 9.17) is 4.74 Å². The second kappa shape index (κ2) is 7.64. The number of hydrogen-bond donors (Lipinski definition) is 1. The van der Waals surface area contributed by atoms with Crippen molar-refractivity contribution in [1.82, 2.24) is 0 Å². The van der Waals surface area contributed by atoms with Crippen molar-refractivity contribution < 1.29 is 9.84 Å². The molecule has 2 aromatic rings. The molecule has 0 aliphatic carbocycles. The molecule has 1 aliphatic rings. The zero-order valence-corrected chi connectivity index (χ0v) is 17.7. The normalized spacial score (nSPS) is 19.3. The van der Waals surface area contributed by atoms with E-state index in [1.54, 1.807) is 0 Å². The molecule has 142 valence electrons. The van der Waals surface area contributed by atoms with E-state index in [1.807, 2.05) is 25.2 Å². The molecule has 0 amide bonds. The largest absolute Gasteiger partial charge is 0.507 e. The molecular formula is C23H32O2S. The van der Waals surface area contributed by atoms with E-state index in [-0.39, 0.29) is 5.60 Å². The maximum Gasteiger partial charge on any atom is 0.127 e. The molecule has 26 heavy (non-hydrogen) atoms. The fraction of sp³-hybridized carbons (Fsp3) is 0.565. The summed E-state index contributed by atoms with van der Waals surface area (Å²) in [4.78, 5) is 2.99. The predicted octanol–water partition coefficient (Wildman–Crippen LogP) is 6.44. The van der Waals surface area contributed by atoms with Crippen molar-refractivity contribution in [3.05, 3.63) is 44.1 Å². The first-order valence-corrected chi connectivity index (χ1v) is 10.7. The Balaban J connectivity index is 1.72. The number of rotatable bonds is 6. The first-order valence-electron chi connectivity index (χ1n) is 9.93. The molecule has 3 heteroatoms. The number of fused-ring (bicyclic) bond motifs is 1. The molecule has 1 aromatic heterocycles. The Morgan fingerprint density at radius 2 is 1.77 bits per heavy atom. The molecule has 0 spiro atoms. The smallest absolute Gasteiger partial charge is 0.127 e. The molecule has 0 fully saturated rings. The summed E-state index contributed by atoms with van der Waals surface area (Å²) >= 11 is 1.97. The lowest BCUT2D eigenvalue weighted by molar-refractivity contribution is 0.0554. The van der Waals surface area contributed by atoms with Crippen molar-refractivity contribution in [3.63, 3.8) is 0 Å². The predicted molar refractivity (Wildman–Crippen MR) is 111 cm³/mol. The number of hydrogen-bond acceptors (Lipinski definition) is 3. The molecule has 1 aromatic carbocycles. The van der Waals surface area contributed by atoms with Crippen LogP contribution >= 0.6 is 11.3 Å². The molecule has 3 rings (SSSR count). The van der Waals surface area contributed by atoms with Crippen LogP contribution in [-0.4, -0.2) is 10.7 Å². The number of ether oxygens (including phenoxy) is 1. The fourth-order valence-corrected chi connectivity index (χ4v) is 4.96. The standard InChI is InChI=1S/C23H32O2S/c1-6-7-8-18-9-10-19(26-18)11-13-23(5)14-12-20-17(4)21(24)15(2)16(3)22(20)25-23/h9-10,24H,6-8,11-14H2,1-5H3. The highest BCUT2D eigenvalue weighted by molar-refractivity contribution is 7.11. The molecule has 1 atom stereocenters. The van der Waals surface area contributed by atoms with Crippen LogP contribution < -0.4 is 4.74 Å². The van der Waals surface area contributed by atoms with Crippen LogP contribution in [0.25, 0.3) is 0 Å². The van der Waals surface area contributed by atoms with Gasteiger partial charge in [0.15, 0.2) is 0 Å². The van der Waals surface area contributed by atoms with Gasteiger partial charge in [0, 0.05) is 15.3 Å². The second-order valence-corrected chi connectivity index (χ2v) is 9.31. The third-order valence-corrected chi connectivity index (χ3v) is 7.19. The van der Waals surface area contributed by atoms with E-state index in [2.05, 4.69) is 32.9 Å². The lowest BCUT2D eigenvalue weighted by atomic mass is 9.85. The van der Waals surface area contributed by atoms with Crippen molar-refractivity contribution in [2.45, 2.75) is 85.2 Å². The van der Waals surface area contributed by atoms with Gasteiger partial charge in [0.1, 0.15) is 17.1 Å². The molecule has 1 N–H and O–H groups in total. The average Bonchev–Trinajstić information content (AvgIpc) is 3.09. The van der Waals surface area contributed by atoms with Crippen molar-refractivity contribution in [2.24, 2.45) is 0 Å². The number of aromatic hydroxyl groups is 1. The van der Waals surface area contributed by atoms with Crippen LogP contribution in [0.3, 0.4) is 0 Å². The fourth-order valence-electron chi connectivity index (χ4n) is 3.90. The van der Waals surface area contributed by atoms with Crippen LogP contribution in [-0.2, 0) is 19.3 Å². The van der Waals surface area contributed by atoms with Crippen LogP contribution in [0.1, 0.15) is 71.5 Å². The Bertz CT molecular complexity index is 790. The summed E-state index contributed by atoms with van der Waals surface area (Å²) < 4.78 is 6.55. The molecule has 0 saturated carbocycles. The highest BCUT2D eigenvalue weighted by Gasteiger charge is 2.34. The molecule has 0 radical (unpaired) electrons. The highest BCUT2D eigenvalue weighted by Crippen LogP contribution is 2.44. The van der Waals surface area contributed by atoms with E-state index in [0.29, 0.717) is 5.75 Å².